The predicted octanol–water partition coefficient (Wildman–Crippen LogP) is 2.68. The van der Waals surface area contributed by atoms with Crippen LogP contribution in [0.1, 0.15) is 29.8 Å². The zero-order chi connectivity index (χ0) is 16.0. The molecular weight excluding hydrogens is 340 g/mol. The van der Waals surface area contributed by atoms with Gasteiger partial charge in [-0.05, 0) is 44.5 Å². The first-order valence-corrected chi connectivity index (χ1v) is 7.35. The summed E-state index contributed by atoms with van der Waals surface area (Å²) in [5.74, 6) is -3.96. The first kappa shape index (κ1) is 17.4. The van der Waals surface area contributed by atoms with Crippen LogP contribution in [0, 0.1) is 12.8 Å². The van der Waals surface area contributed by atoms with E-state index in [2.05, 4.69) is 15.9 Å². The van der Waals surface area contributed by atoms with Crippen LogP contribution < -0.4 is 0 Å². The molecule has 0 heterocycles. The number of ether oxygens (including phenoxy) is 2. The molecule has 5 nitrogen and oxygen atoms in total. The third-order valence-electron chi connectivity index (χ3n) is 2.76. The highest BCUT2D eigenvalue weighted by molar-refractivity contribution is 9.10. The van der Waals surface area contributed by atoms with Gasteiger partial charge in [-0.25, -0.2) is 0 Å². The van der Waals surface area contributed by atoms with Gasteiger partial charge in [0.15, 0.2) is 5.78 Å². The number of halogens is 1. The van der Waals surface area contributed by atoms with Crippen molar-refractivity contribution >= 4 is 33.7 Å². The molecule has 6 heteroatoms. The standard InChI is InChI=1S/C15H17BrO5/c1-4-20-14(18)12(15(19)21-5-2)13(17)11-7-6-10(16)8-9(11)3/h6-8,12H,4-5H2,1-3H3. The highest BCUT2D eigenvalue weighted by Crippen LogP contribution is 2.20. The van der Waals surface area contributed by atoms with E-state index >= 15 is 0 Å². The maximum absolute atomic E-state index is 12.5. The van der Waals surface area contributed by atoms with Gasteiger partial charge in [-0.1, -0.05) is 15.9 Å². The lowest BCUT2D eigenvalue weighted by molar-refractivity contribution is -0.158. The van der Waals surface area contributed by atoms with E-state index in [-0.39, 0.29) is 13.2 Å². The summed E-state index contributed by atoms with van der Waals surface area (Å²) in [6.07, 6.45) is 0. The van der Waals surface area contributed by atoms with Gasteiger partial charge in [0.1, 0.15) is 0 Å². The second kappa shape index (κ2) is 7.93. The van der Waals surface area contributed by atoms with Crippen LogP contribution in [0.4, 0.5) is 0 Å². The van der Waals surface area contributed by atoms with Gasteiger partial charge in [0, 0.05) is 10.0 Å². The highest BCUT2D eigenvalue weighted by Gasteiger charge is 2.37. The van der Waals surface area contributed by atoms with Crippen molar-refractivity contribution < 1.29 is 23.9 Å². The Hall–Kier alpha value is -1.69. The van der Waals surface area contributed by atoms with Crippen LogP contribution in [-0.4, -0.2) is 30.9 Å². The summed E-state index contributed by atoms with van der Waals surface area (Å²) in [6, 6.07) is 4.97. The lowest BCUT2D eigenvalue weighted by Gasteiger charge is -2.14. The molecule has 0 aliphatic rings. The van der Waals surface area contributed by atoms with Crippen LogP contribution >= 0.6 is 15.9 Å². The van der Waals surface area contributed by atoms with Gasteiger partial charge in [-0.3, -0.25) is 14.4 Å². The minimum absolute atomic E-state index is 0.0847. The van der Waals surface area contributed by atoms with Crippen molar-refractivity contribution in [1.82, 2.24) is 0 Å². The Morgan fingerprint density at radius 3 is 2.05 bits per heavy atom. The van der Waals surface area contributed by atoms with Crippen molar-refractivity contribution in [1.29, 1.82) is 0 Å². The first-order valence-electron chi connectivity index (χ1n) is 6.56. The number of hydrogen-bond donors (Lipinski definition) is 0. The van der Waals surface area contributed by atoms with E-state index in [9.17, 15) is 14.4 Å². The van der Waals surface area contributed by atoms with Crippen molar-refractivity contribution in [2.24, 2.45) is 5.92 Å². The molecule has 1 aromatic rings. The number of carbonyl (C=O) groups is 3. The number of hydrogen-bond acceptors (Lipinski definition) is 5. The summed E-state index contributed by atoms with van der Waals surface area (Å²) in [7, 11) is 0. The molecule has 21 heavy (non-hydrogen) atoms. The maximum atomic E-state index is 12.5. The topological polar surface area (TPSA) is 69.7 Å². The van der Waals surface area contributed by atoms with E-state index in [0.717, 1.165) is 4.47 Å². The Morgan fingerprint density at radius 2 is 1.62 bits per heavy atom. The van der Waals surface area contributed by atoms with Gasteiger partial charge in [-0.2, -0.15) is 0 Å². The quantitative estimate of drug-likeness (QED) is 0.445. The van der Waals surface area contributed by atoms with E-state index in [4.69, 9.17) is 9.47 Å². The zero-order valence-electron chi connectivity index (χ0n) is 12.1. The van der Waals surface area contributed by atoms with Crippen LogP contribution in [0.25, 0.3) is 0 Å². The Labute approximate surface area is 131 Å². The second-order valence-corrected chi connectivity index (χ2v) is 5.18. The van der Waals surface area contributed by atoms with Crippen LogP contribution in [0.15, 0.2) is 22.7 Å². The normalized spacial score (nSPS) is 10.3. The molecule has 0 radical (unpaired) electrons. The largest absolute Gasteiger partial charge is 0.465 e. The molecule has 114 valence electrons. The van der Waals surface area contributed by atoms with Crippen LogP contribution in [0.3, 0.4) is 0 Å². The summed E-state index contributed by atoms with van der Waals surface area (Å²) < 4.78 is 10.4. The van der Waals surface area contributed by atoms with Crippen LogP contribution in [-0.2, 0) is 19.1 Å². The molecule has 0 aromatic heterocycles. The number of aryl methyl sites for hydroxylation is 1. The molecule has 0 unspecified atom stereocenters. The van der Waals surface area contributed by atoms with Crippen molar-refractivity contribution in [3.8, 4) is 0 Å². The molecule has 1 aromatic carbocycles. The van der Waals surface area contributed by atoms with Crippen LogP contribution in [0.5, 0.6) is 0 Å². The highest BCUT2D eigenvalue weighted by atomic mass is 79.9. The van der Waals surface area contributed by atoms with Gasteiger partial charge in [0.05, 0.1) is 13.2 Å². The van der Waals surface area contributed by atoms with Gasteiger partial charge in [0.2, 0.25) is 5.92 Å². The summed E-state index contributed by atoms with van der Waals surface area (Å²) in [5, 5.41) is 0. The second-order valence-electron chi connectivity index (χ2n) is 4.26. The zero-order valence-corrected chi connectivity index (χ0v) is 13.7. The van der Waals surface area contributed by atoms with E-state index in [0.29, 0.717) is 11.1 Å². The molecule has 0 spiro atoms. The lowest BCUT2D eigenvalue weighted by Crippen LogP contribution is -2.35. The average molecular weight is 357 g/mol. The Morgan fingerprint density at radius 1 is 1.10 bits per heavy atom. The summed E-state index contributed by atoms with van der Waals surface area (Å²) >= 11 is 3.30. The van der Waals surface area contributed by atoms with Crippen molar-refractivity contribution in [3.05, 3.63) is 33.8 Å². The molecule has 0 fully saturated rings. The average Bonchev–Trinajstić information content (AvgIpc) is 2.39. The fraction of sp³-hybridized carbons (Fsp3) is 0.400. The molecule has 0 amide bonds. The fourth-order valence-electron chi connectivity index (χ4n) is 1.82. The number of esters is 2. The number of carbonyl (C=O) groups excluding carboxylic acids is 3. The number of rotatable bonds is 6. The van der Waals surface area contributed by atoms with Gasteiger partial charge in [-0.15, -0.1) is 0 Å². The lowest BCUT2D eigenvalue weighted by atomic mass is 9.94. The third kappa shape index (κ3) is 4.39. The molecule has 1 rings (SSSR count). The predicted molar refractivity (Wildman–Crippen MR) is 80.0 cm³/mol. The first-order chi connectivity index (χ1) is 9.92. The Bertz CT molecular complexity index is 535. The number of Topliss-reactive ketones (excluding diaryl/α,β-unsaturated/α-hetero) is 1. The van der Waals surface area contributed by atoms with Crippen molar-refractivity contribution in [2.75, 3.05) is 13.2 Å². The molecule has 0 atom stereocenters. The van der Waals surface area contributed by atoms with E-state index in [1.807, 2.05) is 0 Å². The Balaban J connectivity index is 3.15. The molecule has 0 aliphatic heterocycles. The minimum Gasteiger partial charge on any atom is -0.465 e. The van der Waals surface area contributed by atoms with Crippen LogP contribution in [0.2, 0.25) is 0 Å². The summed E-state index contributed by atoms with van der Waals surface area (Å²) in [6.45, 7) is 5.11. The van der Waals surface area contributed by atoms with Gasteiger partial charge >= 0.3 is 11.9 Å². The summed E-state index contributed by atoms with van der Waals surface area (Å²) in [4.78, 5) is 36.3. The third-order valence-corrected chi connectivity index (χ3v) is 3.25. The monoisotopic (exact) mass is 356 g/mol. The molecule has 0 aliphatic carbocycles. The minimum atomic E-state index is -1.58. The maximum Gasteiger partial charge on any atom is 0.328 e. The van der Waals surface area contributed by atoms with E-state index in [1.165, 1.54) is 0 Å². The van der Waals surface area contributed by atoms with Crippen molar-refractivity contribution in [3.63, 3.8) is 0 Å². The summed E-state index contributed by atoms with van der Waals surface area (Å²) in [5.41, 5.74) is 0.956. The molecule has 0 N–H and O–H groups in total. The molecule has 0 saturated carbocycles. The number of ketones is 1. The van der Waals surface area contributed by atoms with Crippen molar-refractivity contribution in [2.45, 2.75) is 20.8 Å². The van der Waals surface area contributed by atoms with E-state index in [1.54, 1.807) is 39.0 Å². The van der Waals surface area contributed by atoms with Gasteiger partial charge in [0.25, 0.3) is 0 Å². The van der Waals surface area contributed by atoms with Gasteiger partial charge < -0.3 is 9.47 Å². The smallest absolute Gasteiger partial charge is 0.328 e. The Kier molecular flexibility index (Phi) is 6.55. The molecule has 0 saturated heterocycles. The SMILES string of the molecule is CCOC(=O)C(C(=O)OCC)C(=O)c1ccc(Br)cc1C. The molecule has 0 bridgehead atoms. The molecular formula is C15H17BrO5. The fourth-order valence-corrected chi connectivity index (χ4v) is 2.30. The number of benzene rings is 1. The van der Waals surface area contributed by atoms with E-state index < -0.39 is 23.6 Å².